The van der Waals surface area contributed by atoms with Crippen molar-refractivity contribution in [3.8, 4) is 0 Å². The van der Waals surface area contributed by atoms with Crippen LogP contribution in [0.4, 0.5) is 8.78 Å². The summed E-state index contributed by atoms with van der Waals surface area (Å²) in [7, 11) is 1.96. The summed E-state index contributed by atoms with van der Waals surface area (Å²) in [6.45, 7) is 6.60. The van der Waals surface area contributed by atoms with Gasteiger partial charge in [0.1, 0.15) is 11.6 Å². The summed E-state index contributed by atoms with van der Waals surface area (Å²) in [4.78, 5) is 4.46. The maximum Gasteiger partial charge on any atom is 0.130 e. The summed E-state index contributed by atoms with van der Waals surface area (Å²) in [5.41, 5.74) is 0.546. The molecule has 0 saturated carbocycles. The van der Waals surface area contributed by atoms with Crippen molar-refractivity contribution in [3.05, 3.63) is 35.4 Å². The molecule has 0 radical (unpaired) electrons. The molecule has 7 heteroatoms. The second-order valence-corrected chi connectivity index (χ2v) is 5.07. The standard InChI is InChI=1S/C14H21F2N3.2ClH/c1-18(8-9-19-6-4-17-5-7-19)11-12-2-3-13(15)10-14(12)16;;/h2-3,10,17H,4-9,11H2,1H3;2*1H. The highest BCUT2D eigenvalue weighted by atomic mass is 35.5. The Morgan fingerprint density at radius 2 is 1.86 bits per heavy atom. The molecule has 0 atom stereocenters. The number of hydrogen-bond donors (Lipinski definition) is 1. The third-order valence-corrected chi connectivity index (χ3v) is 3.46. The zero-order chi connectivity index (χ0) is 13.7. The summed E-state index contributed by atoms with van der Waals surface area (Å²) >= 11 is 0. The van der Waals surface area contributed by atoms with Crippen molar-refractivity contribution in [2.75, 3.05) is 46.3 Å². The predicted octanol–water partition coefficient (Wildman–Crippen LogP) is 2.15. The minimum absolute atomic E-state index is 0. The molecule has 0 spiro atoms. The number of hydrogen-bond acceptors (Lipinski definition) is 3. The lowest BCUT2D eigenvalue weighted by Crippen LogP contribution is -2.45. The smallest absolute Gasteiger partial charge is 0.130 e. The number of benzene rings is 1. The Hall–Kier alpha value is -0.460. The fourth-order valence-electron chi connectivity index (χ4n) is 2.27. The molecule has 0 aromatic heterocycles. The van der Waals surface area contributed by atoms with Gasteiger partial charge in [0.15, 0.2) is 0 Å². The molecule has 1 aromatic rings. The van der Waals surface area contributed by atoms with Gasteiger partial charge in [-0.3, -0.25) is 4.90 Å². The van der Waals surface area contributed by atoms with Crippen LogP contribution in [0.1, 0.15) is 5.56 Å². The fraction of sp³-hybridized carbons (Fsp3) is 0.571. The van der Waals surface area contributed by atoms with Gasteiger partial charge in [-0.25, -0.2) is 8.78 Å². The number of nitrogens with zero attached hydrogens (tertiary/aromatic N) is 2. The summed E-state index contributed by atoms with van der Waals surface area (Å²) in [6, 6.07) is 3.77. The Kier molecular flexibility index (Phi) is 10.1. The van der Waals surface area contributed by atoms with Crippen molar-refractivity contribution in [3.63, 3.8) is 0 Å². The van der Waals surface area contributed by atoms with E-state index in [1.807, 2.05) is 7.05 Å². The number of likely N-dealkylation sites (N-methyl/N-ethyl adjacent to an activating group) is 1. The summed E-state index contributed by atoms with van der Waals surface area (Å²) in [5.74, 6) is -0.987. The number of halogens is 4. The van der Waals surface area contributed by atoms with Gasteiger partial charge in [0.2, 0.25) is 0 Å². The van der Waals surface area contributed by atoms with Crippen molar-refractivity contribution in [1.82, 2.24) is 15.1 Å². The molecule has 0 bridgehead atoms. The van der Waals surface area contributed by atoms with E-state index in [0.29, 0.717) is 12.1 Å². The molecule has 2 rings (SSSR count). The minimum atomic E-state index is -0.523. The lowest BCUT2D eigenvalue weighted by molar-refractivity contribution is 0.201. The molecule has 0 unspecified atom stereocenters. The third-order valence-electron chi connectivity index (χ3n) is 3.46. The van der Waals surface area contributed by atoms with Gasteiger partial charge in [0, 0.05) is 57.4 Å². The normalized spacial score (nSPS) is 15.4. The zero-order valence-electron chi connectivity index (χ0n) is 12.1. The van der Waals surface area contributed by atoms with E-state index < -0.39 is 11.6 Å². The highest BCUT2D eigenvalue weighted by Gasteiger charge is 2.11. The molecule has 21 heavy (non-hydrogen) atoms. The molecule has 0 amide bonds. The van der Waals surface area contributed by atoms with Gasteiger partial charge in [-0.2, -0.15) is 0 Å². The van der Waals surface area contributed by atoms with E-state index in [0.717, 1.165) is 45.3 Å². The van der Waals surface area contributed by atoms with Crippen LogP contribution in [-0.2, 0) is 6.54 Å². The van der Waals surface area contributed by atoms with E-state index in [-0.39, 0.29) is 24.8 Å². The summed E-state index contributed by atoms with van der Waals surface area (Å²) in [6.07, 6.45) is 0. The minimum Gasteiger partial charge on any atom is -0.314 e. The Bertz CT molecular complexity index is 415. The molecule has 1 aliphatic heterocycles. The molecule has 122 valence electrons. The number of rotatable bonds is 5. The van der Waals surface area contributed by atoms with Crippen LogP contribution in [0.25, 0.3) is 0 Å². The van der Waals surface area contributed by atoms with Gasteiger partial charge in [0.25, 0.3) is 0 Å². The Morgan fingerprint density at radius 3 is 2.48 bits per heavy atom. The first kappa shape index (κ1) is 20.5. The topological polar surface area (TPSA) is 18.5 Å². The van der Waals surface area contributed by atoms with E-state index in [9.17, 15) is 8.78 Å². The van der Waals surface area contributed by atoms with E-state index in [1.54, 1.807) is 0 Å². The average molecular weight is 342 g/mol. The molecule has 1 aromatic carbocycles. The lowest BCUT2D eigenvalue weighted by atomic mass is 10.2. The maximum atomic E-state index is 13.5. The Labute approximate surface area is 137 Å². The maximum absolute atomic E-state index is 13.5. The SMILES string of the molecule is CN(CCN1CCNCC1)Cc1ccc(F)cc1F.Cl.Cl. The van der Waals surface area contributed by atoms with Gasteiger partial charge in [-0.1, -0.05) is 6.07 Å². The van der Waals surface area contributed by atoms with E-state index >= 15 is 0 Å². The van der Waals surface area contributed by atoms with Crippen molar-refractivity contribution >= 4 is 24.8 Å². The van der Waals surface area contributed by atoms with Crippen molar-refractivity contribution in [2.24, 2.45) is 0 Å². The van der Waals surface area contributed by atoms with Crippen molar-refractivity contribution in [1.29, 1.82) is 0 Å². The van der Waals surface area contributed by atoms with Gasteiger partial charge in [-0.15, -0.1) is 24.8 Å². The average Bonchev–Trinajstić information content (AvgIpc) is 2.41. The zero-order valence-corrected chi connectivity index (χ0v) is 13.8. The summed E-state index contributed by atoms with van der Waals surface area (Å²) < 4.78 is 26.3. The van der Waals surface area contributed by atoms with Crippen molar-refractivity contribution in [2.45, 2.75) is 6.54 Å². The van der Waals surface area contributed by atoms with Crippen LogP contribution >= 0.6 is 24.8 Å². The highest BCUT2D eigenvalue weighted by Crippen LogP contribution is 2.11. The van der Waals surface area contributed by atoms with Gasteiger partial charge >= 0.3 is 0 Å². The number of nitrogens with one attached hydrogen (secondary N) is 1. The Morgan fingerprint density at radius 1 is 1.19 bits per heavy atom. The van der Waals surface area contributed by atoms with Gasteiger partial charge in [0.05, 0.1) is 0 Å². The van der Waals surface area contributed by atoms with Gasteiger partial charge < -0.3 is 10.2 Å². The molecular formula is C14H23Cl2F2N3. The molecule has 1 N–H and O–H groups in total. The second-order valence-electron chi connectivity index (χ2n) is 5.07. The largest absolute Gasteiger partial charge is 0.314 e. The molecule has 1 saturated heterocycles. The summed E-state index contributed by atoms with van der Waals surface area (Å²) in [5, 5.41) is 3.31. The quantitative estimate of drug-likeness (QED) is 0.885. The first-order valence-corrected chi connectivity index (χ1v) is 6.71. The highest BCUT2D eigenvalue weighted by molar-refractivity contribution is 5.85. The monoisotopic (exact) mass is 341 g/mol. The van der Waals surface area contributed by atoms with Crippen LogP contribution < -0.4 is 5.32 Å². The molecule has 1 heterocycles. The molecule has 1 fully saturated rings. The molecule has 0 aliphatic carbocycles. The van der Waals surface area contributed by atoms with Crippen molar-refractivity contribution < 1.29 is 8.78 Å². The van der Waals surface area contributed by atoms with E-state index in [2.05, 4.69) is 15.1 Å². The van der Waals surface area contributed by atoms with Crippen LogP contribution in [0.5, 0.6) is 0 Å². The van der Waals surface area contributed by atoms with Crippen LogP contribution in [0.3, 0.4) is 0 Å². The molecule has 3 nitrogen and oxygen atoms in total. The first-order valence-electron chi connectivity index (χ1n) is 6.71. The number of piperazine rings is 1. The lowest BCUT2D eigenvalue weighted by Gasteiger charge is -2.29. The van der Waals surface area contributed by atoms with Gasteiger partial charge in [-0.05, 0) is 13.1 Å². The van der Waals surface area contributed by atoms with Crippen LogP contribution in [0, 0.1) is 11.6 Å². The van der Waals surface area contributed by atoms with E-state index in [4.69, 9.17) is 0 Å². The molecular weight excluding hydrogens is 319 g/mol. The second kappa shape index (κ2) is 10.3. The molecule has 1 aliphatic rings. The first-order chi connectivity index (χ1) is 9.15. The fourth-order valence-corrected chi connectivity index (χ4v) is 2.27. The Balaban J connectivity index is 0.00000200. The van der Waals surface area contributed by atoms with Crippen LogP contribution in [-0.4, -0.2) is 56.1 Å². The van der Waals surface area contributed by atoms with Crippen LogP contribution in [0.2, 0.25) is 0 Å². The predicted molar refractivity (Wildman–Crippen MR) is 86.5 cm³/mol. The van der Waals surface area contributed by atoms with Crippen LogP contribution in [0.15, 0.2) is 18.2 Å². The third kappa shape index (κ3) is 6.89. The van der Waals surface area contributed by atoms with E-state index in [1.165, 1.54) is 12.1 Å².